The first-order valence-corrected chi connectivity index (χ1v) is 7.45. The van der Waals surface area contributed by atoms with E-state index in [1.807, 2.05) is 0 Å². The van der Waals surface area contributed by atoms with Gasteiger partial charge in [-0.3, -0.25) is 4.79 Å². The molecule has 2 rings (SSSR count). The third-order valence-electron chi connectivity index (χ3n) is 4.85. The number of carbonyl (C=O) groups is 1. The predicted molar refractivity (Wildman–Crippen MR) is 77.1 cm³/mol. The van der Waals surface area contributed by atoms with Crippen LogP contribution >= 0.6 is 12.4 Å². The van der Waals surface area contributed by atoms with Gasteiger partial charge in [-0.1, -0.05) is 19.3 Å². The van der Waals surface area contributed by atoms with Crippen molar-refractivity contribution in [2.75, 3.05) is 6.54 Å². The molecule has 2 atom stereocenters. The molecular formula is C14H24ClF3N2O. The van der Waals surface area contributed by atoms with E-state index >= 15 is 0 Å². The van der Waals surface area contributed by atoms with E-state index in [9.17, 15) is 18.0 Å². The Labute approximate surface area is 129 Å². The zero-order valence-corrected chi connectivity index (χ0v) is 12.9. The zero-order valence-electron chi connectivity index (χ0n) is 12.0. The molecule has 2 aliphatic rings. The maximum Gasteiger partial charge on any atom is 0.391 e. The van der Waals surface area contributed by atoms with Crippen molar-refractivity contribution in [3.05, 3.63) is 0 Å². The number of carbonyl (C=O) groups excluding carboxylic acids is 1. The van der Waals surface area contributed by atoms with Gasteiger partial charge >= 0.3 is 6.18 Å². The molecule has 7 heteroatoms. The van der Waals surface area contributed by atoms with Crippen LogP contribution in [-0.2, 0) is 4.79 Å². The summed E-state index contributed by atoms with van der Waals surface area (Å²) in [5.74, 6) is -2.07. The van der Waals surface area contributed by atoms with Crippen LogP contribution in [0.2, 0.25) is 0 Å². The first-order valence-electron chi connectivity index (χ1n) is 7.45. The number of rotatable bonds is 3. The number of hydrogen-bond acceptors (Lipinski definition) is 2. The Morgan fingerprint density at radius 2 is 1.81 bits per heavy atom. The molecule has 124 valence electrons. The number of halogens is 4. The Balaban J connectivity index is 0.00000220. The second-order valence-corrected chi connectivity index (χ2v) is 6.28. The second kappa shape index (κ2) is 7.18. The summed E-state index contributed by atoms with van der Waals surface area (Å²) in [4.78, 5) is 12.3. The minimum absolute atomic E-state index is 0. The summed E-state index contributed by atoms with van der Waals surface area (Å²) in [6.07, 6.45) is 0.635. The molecule has 0 aromatic rings. The van der Waals surface area contributed by atoms with Crippen molar-refractivity contribution >= 4 is 18.3 Å². The molecule has 1 amide bonds. The molecule has 0 radical (unpaired) electrons. The summed E-state index contributed by atoms with van der Waals surface area (Å²) in [6.45, 7) is 0.369. The molecule has 0 bridgehead atoms. The van der Waals surface area contributed by atoms with E-state index in [1.165, 1.54) is 0 Å². The largest absolute Gasteiger partial charge is 0.391 e. The lowest BCUT2D eigenvalue weighted by atomic mass is 9.80. The lowest BCUT2D eigenvalue weighted by Gasteiger charge is -2.34. The maximum atomic E-state index is 12.8. The molecule has 0 spiro atoms. The predicted octanol–water partition coefficient (Wildman–Crippen LogP) is 3.16. The topological polar surface area (TPSA) is 55.1 Å². The highest BCUT2D eigenvalue weighted by atomic mass is 35.5. The summed E-state index contributed by atoms with van der Waals surface area (Å²) in [5, 5.41) is 2.95. The van der Waals surface area contributed by atoms with Crippen molar-refractivity contribution in [1.29, 1.82) is 0 Å². The van der Waals surface area contributed by atoms with Crippen molar-refractivity contribution in [2.24, 2.45) is 17.6 Å². The second-order valence-electron chi connectivity index (χ2n) is 6.28. The average Bonchev–Trinajstić information content (AvgIpc) is 2.87. The highest BCUT2D eigenvalue weighted by Crippen LogP contribution is 2.40. The molecule has 2 unspecified atom stereocenters. The Kier molecular flexibility index (Phi) is 6.35. The van der Waals surface area contributed by atoms with Crippen molar-refractivity contribution < 1.29 is 18.0 Å². The van der Waals surface area contributed by atoms with Crippen molar-refractivity contribution in [1.82, 2.24) is 5.32 Å². The first kappa shape index (κ1) is 18.6. The van der Waals surface area contributed by atoms with Crippen LogP contribution in [0.5, 0.6) is 0 Å². The fraction of sp³-hybridized carbons (Fsp3) is 0.929. The van der Waals surface area contributed by atoms with Crippen LogP contribution in [0.3, 0.4) is 0 Å². The number of alkyl halides is 3. The summed E-state index contributed by atoms with van der Waals surface area (Å²) < 4.78 is 38.3. The van der Waals surface area contributed by atoms with E-state index in [2.05, 4.69) is 5.32 Å². The number of hydrogen-bond donors (Lipinski definition) is 2. The van der Waals surface area contributed by atoms with Gasteiger partial charge in [0.05, 0.1) is 11.5 Å². The average molecular weight is 329 g/mol. The molecule has 21 heavy (non-hydrogen) atoms. The third-order valence-corrected chi connectivity index (χ3v) is 4.85. The number of amides is 1. The molecule has 3 N–H and O–H groups in total. The van der Waals surface area contributed by atoms with Crippen molar-refractivity contribution in [2.45, 2.75) is 63.1 Å². The highest BCUT2D eigenvalue weighted by molar-refractivity contribution is 5.85. The van der Waals surface area contributed by atoms with Gasteiger partial charge in [-0.05, 0) is 32.1 Å². The van der Waals surface area contributed by atoms with E-state index in [-0.39, 0.29) is 36.7 Å². The smallest absolute Gasteiger partial charge is 0.349 e. The summed E-state index contributed by atoms with van der Waals surface area (Å²) in [7, 11) is 0. The van der Waals surface area contributed by atoms with Crippen LogP contribution in [0.4, 0.5) is 13.2 Å². The highest BCUT2D eigenvalue weighted by Gasteiger charge is 2.44. The Bertz CT molecular complexity index is 357. The standard InChI is InChI=1S/C14H23F3N2O.ClH/c15-14(16,17)11-5-3-4-10(8-11)12(20)19-13(9-18)6-1-2-7-13;/h10-11H,1-9,18H2,(H,19,20);1H. The van der Waals surface area contributed by atoms with Gasteiger partial charge in [0.1, 0.15) is 0 Å². The van der Waals surface area contributed by atoms with Crippen molar-refractivity contribution in [3.63, 3.8) is 0 Å². The fourth-order valence-electron chi connectivity index (χ4n) is 3.52. The number of nitrogens with two attached hydrogens (primary N) is 1. The van der Waals surface area contributed by atoms with E-state index in [0.29, 0.717) is 19.4 Å². The Morgan fingerprint density at radius 3 is 2.33 bits per heavy atom. The molecule has 2 aliphatic carbocycles. The van der Waals surface area contributed by atoms with E-state index in [0.717, 1.165) is 25.7 Å². The quantitative estimate of drug-likeness (QED) is 0.836. The molecule has 0 aromatic heterocycles. The summed E-state index contributed by atoms with van der Waals surface area (Å²) in [5.41, 5.74) is 5.38. The molecule has 0 aliphatic heterocycles. The molecule has 3 nitrogen and oxygen atoms in total. The van der Waals surface area contributed by atoms with Crippen LogP contribution in [0.25, 0.3) is 0 Å². The van der Waals surface area contributed by atoms with Crippen LogP contribution < -0.4 is 11.1 Å². The Morgan fingerprint density at radius 1 is 1.19 bits per heavy atom. The van der Waals surface area contributed by atoms with Crippen LogP contribution in [0.15, 0.2) is 0 Å². The minimum atomic E-state index is -4.18. The van der Waals surface area contributed by atoms with Crippen molar-refractivity contribution in [3.8, 4) is 0 Å². The maximum absolute atomic E-state index is 12.8. The summed E-state index contributed by atoms with van der Waals surface area (Å²) in [6, 6.07) is 0. The van der Waals surface area contributed by atoms with Gasteiger partial charge in [-0.15, -0.1) is 12.4 Å². The molecule has 0 aromatic carbocycles. The zero-order chi connectivity index (χ0) is 14.8. The van der Waals surface area contributed by atoms with Gasteiger partial charge in [0.15, 0.2) is 0 Å². The molecule has 0 heterocycles. The SMILES string of the molecule is Cl.NCC1(NC(=O)C2CCCC(C(F)(F)F)C2)CCCC1. The molecule has 0 saturated heterocycles. The lowest BCUT2D eigenvalue weighted by molar-refractivity contribution is -0.186. The first-order chi connectivity index (χ1) is 9.36. The van der Waals surface area contributed by atoms with E-state index < -0.39 is 18.0 Å². The van der Waals surface area contributed by atoms with Crippen LogP contribution in [-0.4, -0.2) is 24.2 Å². The van der Waals surface area contributed by atoms with Gasteiger partial charge in [-0.2, -0.15) is 13.2 Å². The van der Waals surface area contributed by atoms with Gasteiger partial charge < -0.3 is 11.1 Å². The molecular weight excluding hydrogens is 305 g/mol. The molecule has 2 fully saturated rings. The van der Waals surface area contributed by atoms with Gasteiger partial charge in [-0.25, -0.2) is 0 Å². The van der Waals surface area contributed by atoms with Crippen LogP contribution in [0, 0.1) is 11.8 Å². The van der Waals surface area contributed by atoms with E-state index in [4.69, 9.17) is 5.73 Å². The Hall–Kier alpha value is -0.490. The number of nitrogens with one attached hydrogen (secondary N) is 1. The molecule has 2 saturated carbocycles. The van der Waals surface area contributed by atoms with Gasteiger partial charge in [0.2, 0.25) is 5.91 Å². The van der Waals surface area contributed by atoms with Gasteiger partial charge in [0, 0.05) is 12.5 Å². The summed E-state index contributed by atoms with van der Waals surface area (Å²) >= 11 is 0. The van der Waals surface area contributed by atoms with Crippen LogP contribution in [0.1, 0.15) is 51.4 Å². The van der Waals surface area contributed by atoms with E-state index in [1.54, 1.807) is 0 Å². The minimum Gasteiger partial charge on any atom is -0.349 e. The fourth-order valence-corrected chi connectivity index (χ4v) is 3.52. The monoisotopic (exact) mass is 328 g/mol. The third kappa shape index (κ3) is 4.49. The lowest BCUT2D eigenvalue weighted by Crippen LogP contribution is -2.54. The normalized spacial score (nSPS) is 28.8. The van der Waals surface area contributed by atoms with Gasteiger partial charge in [0.25, 0.3) is 0 Å².